The molecule has 1 N–H and O–H groups in total. The second kappa shape index (κ2) is 16.5. The number of carbonyl (C=O) groups excluding carboxylic acids is 1. The molecule has 2 fully saturated rings. The van der Waals surface area contributed by atoms with Crippen molar-refractivity contribution in [3.05, 3.63) is 82.0 Å². The Balaban J connectivity index is 1.22. The van der Waals surface area contributed by atoms with Crippen molar-refractivity contribution < 1.29 is 19.0 Å². The van der Waals surface area contributed by atoms with Crippen LogP contribution < -0.4 is 14.8 Å². The number of nitrogens with zero attached hydrogens (tertiary/aromatic N) is 4. The zero-order valence-electron chi connectivity index (χ0n) is 29.2. The number of carbonyl (C=O) groups is 1. The minimum Gasteiger partial charge on any atom is -0.496 e. The Labute approximate surface area is 304 Å². The molecule has 0 unspecified atom stereocenters. The van der Waals surface area contributed by atoms with Crippen molar-refractivity contribution in [1.82, 2.24) is 25.1 Å². The Morgan fingerprint density at radius 3 is 2.38 bits per heavy atom. The Bertz CT molecular complexity index is 1810. The maximum atomic E-state index is 11.8. The quantitative estimate of drug-likeness (QED) is 0.171. The molecule has 0 spiro atoms. The van der Waals surface area contributed by atoms with E-state index < -0.39 is 0 Å². The van der Waals surface area contributed by atoms with E-state index in [0.29, 0.717) is 52.5 Å². The summed E-state index contributed by atoms with van der Waals surface area (Å²) in [6, 6.07) is 18.7. The van der Waals surface area contributed by atoms with Gasteiger partial charge in [0.1, 0.15) is 5.75 Å². The van der Waals surface area contributed by atoms with Crippen LogP contribution in [-0.2, 0) is 22.6 Å². The summed E-state index contributed by atoms with van der Waals surface area (Å²) >= 11 is 14.2. The molecular weight excluding hydrogens is 673 g/mol. The van der Waals surface area contributed by atoms with Gasteiger partial charge in [0.25, 0.3) is 0 Å². The van der Waals surface area contributed by atoms with Crippen LogP contribution in [0.1, 0.15) is 43.7 Å². The highest BCUT2D eigenvalue weighted by molar-refractivity contribution is 6.39. The van der Waals surface area contributed by atoms with Crippen molar-refractivity contribution in [1.29, 1.82) is 0 Å². The van der Waals surface area contributed by atoms with Gasteiger partial charge in [0.15, 0.2) is 0 Å². The van der Waals surface area contributed by atoms with Gasteiger partial charge in [0.2, 0.25) is 11.8 Å². The van der Waals surface area contributed by atoms with Crippen molar-refractivity contribution in [2.24, 2.45) is 0 Å². The Morgan fingerprint density at radius 2 is 1.66 bits per heavy atom. The fourth-order valence-corrected chi connectivity index (χ4v) is 7.57. The molecule has 11 heteroatoms. The highest BCUT2D eigenvalue weighted by atomic mass is 35.5. The van der Waals surface area contributed by atoms with Crippen LogP contribution in [0.5, 0.6) is 11.6 Å². The van der Waals surface area contributed by atoms with Gasteiger partial charge in [0, 0.05) is 98.0 Å². The van der Waals surface area contributed by atoms with Gasteiger partial charge in [-0.15, -0.1) is 0 Å². The SMILES string of the molecule is COc1cc(-c2nccc(-c3cccc(-c4ccc(CN(C)C5CCN(C(C)=O)CC5)c(OC)n4)c3Cl)c2Cl)ccc1CNC1CCOCC1. The van der Waals surface area contributed by atoms with Crippen LogP contribution in [0.3, 0.4) is 0 Å². The molecule has 0 saturated carbocycles. The molecule has 2 saturated heterocycles. The number of hydrogen-bond acceptors (Lipinski definition) is 8. The zero-order valence-corrected chi connectivity index (χ0v) is 30.7. The Hall–Kier alpha value is -3.73. The van der Waals surface area contributed by atoms with Crippen LogP contribution in [0.2, 0.25) is 10.0 Å². The number of hydrogen-bond donors (Lipinski definition) is 1. The maximum absolute atomic E-state index is 11.8. The molecule has 0 atom stereocenters. The fourth-order valence-electron chi connectivity index (χ4n) is 6.92. The third-order valence-electron chi connectivity index (χ3n) is 9.90. The maximum Gasteiger partial charge on any atom is 0.219 e. The summed E-state index contributed by atoms with van der Waals surface area (Å²) in [7, 11) is 5.44. The normalized spacial score (nSPS) is 15.8. The number of nitrogens with one attached hydrogen (secondary N) is 1. The number of amides is 1. The standard InChI is InChI=1S/C39H45Cl2N5O4/c1-25(47)46-18-13-30(14-19-46)45(2)24-28-10-11-34(44-39(28)49-4)33-7-5-6-31(36(33)40)32-12-17-42-38(37(32)41)26-8-9-27(35(22-26)48-3)23-43-29-15-20-50-21-16-29/h5-12,17,22,29-30,43H,13-16,18-21,23-24H2,1-4H3. The van der Waals surface area contributed by atoms with Gasteiger partial charge < -0.3 is 24.4 Å². The van der Waals surface area contributed by atoms with Crippen LogP contribution in [0.4, 0.5) is 0 Å². The Kier molecular flexibility index (Phi) is 11.9. The molecular formula is C39H45Cl2N5O4. The number of pyridine rings is 2. The number of aromatic nitrogens is 2. The first-order chi connectivity index (χ1) is 24.3. The van der Waals surface area contributed by atoms with Crippen LogP contribution in [0.15, 0.2) is 60.8 Å². The van der Waals surface area contributed by atoms with Crippen molar-refractivity contribution in [3.8, 4) is 45.3 Å². The summed E-state index contributed by atoms with van der Waals surface area (Å²) in [6.45, 7) is 6.18. The van der Waals surface area contributed by atoms with Gasteiger partial charge in [-0.1, -0.05) is 59.6 Å². The van der Waals surface area contributed by atoms with Crippen molar-refractivity contribution in [3.63, 3.8) is 0 Å². The minimum absolute atomic E-state index is 0.141. The molecule has 0 aliphatic carbocycles. The summed E-state index contributed by atoms with van der Waals surface area (Å²) in [5.41, 5.74) is 6.59. The van der Waals surface area contributed by atoms with E-state index in [9.17, 15) is 4.79 Å². The van der Waals surface area contributed by atoms with E-state index >= 15 is 0 Å². The lowest BCUT2D eigenvalue weighted by Crippen LogP contribution is -2.44. The molecule has 6 rings (SSSR count). The predicted molar refractivity (Wildman–Crippen MR) is 199 cm³/mol. The highest BCUT2D eigenvalue weighted by Gasteiger charge is 2.25. The lowest BCUT2D eigenvalue weighted by atomic mass is 9.99. The Morgan fingerprint density at radius 1 is 0.940 bits per heavy atom. The monoisotopic (exact) mass is 717 g/mol. The van der Waals surface area contributed by atoms with Gasteiger partial charge >= 0.3 is 0 Å². The number of piperidine rings is 1. The lowest BCUT2D eigenvalue weighted by molar-refractivity contribution is -0.130. The molecule has 2 aromatic carbocycles. The van der Waals surface area contributed by atoms with E-state index in [1.807, 2.05) is 47.4 Å². The third-order valence-corrected chi connectivity index (χ3v) is 10.7. The average Bonchev–Trinajstić information content (AvgIpc) is 3.15. The number of rotatable bonds is 11. The van der Waals surface area contributed by atoms with Crippen molar-refractivity contribution in [2.45, 2.75) is 57.8 Å². The van der Waals surface area contributed by atoms with E-state index in [0.717, 1.165) is 91.1 Å². The minimum atomic E-state index is 0.141. The topological polar surface area (TPSA) is 89.1 Å². The molecule has 4 aromatic rings. The van der Waals surface area contributed by atoms with E-state index in [1.165, 1.54) is 0 Å². The third kappa shape index (κ3) is 8.08. The lowest BCUT2D eigenvalue weighted by Gasteiger charge is -2.36. The van der Waals surface area contributed by atoms with E-state index in [1.54, 1.807) is 27.3 Å². The summed E-state index contributed by atoms with van der Waals surface area (Å²) in [4.78, 5) is 25.6. The molecule has 0 radical (unpaired) electrons. The molecule has 0 bridgehead atoms. The molecule has 4 heterocycles. The molecule has 9 nitrogen and oxygen atoms in total. The second-order valence-electron chi connectivity index (χ2n) is 13.0. The first kappa shape index (κ1) is 36.1. The number of methoxy groups -OCH3 is 2. The van der Waals surface area contributed by atoms with Crippen molar-refractivity contribution in [2.75, 3.05) is 47.6 Å². The average molecular weight is 719 g/mol. The molecule has 264 valence electrons. The molecule has 2 aliphatic heterocycles. The number of likely N-dealkylation sites (tertiary alicyclic amines) is 1. The second-order valence-corrected chi connectivity index (χ2v) is 13.8. The zero-order chi connectivity index (χ0) is 35.2. The van der Waals surface area contributed by atoms with Gasteiger partial charge in [-0.3, -0.25) is 14.7 Å². The largest absolute Gasteiger partial charge is 0.496 e. The van der Waals surface area contributed by atoms with E-state index in [-0.39, 0.29) is 5.91 Å². The van der Waals surface area contributed by atoms with Crippen LogP contribution in [0, 0.1) is 0 Å². The predicted octanol–water partition coefficient (Wildman–Crippen LogP) is 7.51. The molecule has 50 heavy (non-hydrogen) atoms. The first-order valence-electron chi connectivity index (χ1n) is 17.2. The first-order valence-corrected chi connectivity index (χ1v) is 17.9. The van der Waals surface area contributed by atoms with Gasteiger partial charge in [-0.2, -0.15) is 0 Å². The van der Waals surface area contributed by atoms with Gasteiger partial charge in [-0.05, 0) is 50.9 Å². The van der Waals surface area contributed by atoms with Crippen molar-refractivity contribution >= 4 is 29.1 Å². The van der Waals surface area contributed by atoms with Gasteiger partial charge in [0.05, 0.1) is 35.7 Å². The van der Waals surface area contributed by atoms with Crippen LogP contribution in [0.25, 0.3) is 33.6 Å². The number of ether oxygens (including phenoxy) is 3. The van der Waals surface area contributed by atoms with E-state index in [4.69, 9.17) is 42.4 Å². The fraction of sp³-hybridized carbons (Fsp3) is 0.410. The van der Waals surface area contributed by atoms with E-state index in [2.05, 4.69) is 34.4 Å². The van der Waals surface area contributed by atoms with Crippen LogP contribution >= 0.6 is 23.2 Å². The summed E-state index contributed by atoms with van der Waals surface area (Å²) in [6.07, 6.45) is 5.65. The smallest absolute Gasteiger partial charge is 0.219 e. The summed E-state index contributed by atoms with van der Waals surface area (Å²) in [5, 5.41) is 4.67. The van der Waals surface area contributed by atoms with Crippen LogP contribution in [-0.4, -0.2) is 85.3 Å². The highest BCUT2D eigenvalue weighted by Crippen LogP contribution is 2.42. The molecule has 2 aliphatic rings. The number of benzene rings is 2. The molecule has 1 amide bonds. The molecule has 2 aromatic heterocycles. The summed E-state index contributed by atoms with van der Waals surface area (Å²) < 4.78 is 17.1. The van der Waals surface area contributed by atoms with Gasteiger partial charge in [-0.25, -0.2) is 4.98 Å². The summed E-state index contributed by atoms with van der Waals surface area (Å²) in [5.74, 6) is 1.47. The number of halogens is 2.